The molecule has 1 aromatic carbocycles. The van der Waals surface area contributed by atoms with Crippen molar-refractivity contribution >= 4 is 11.6 Å². The summed E-state index contributed by atoms with van der Waals surface area (Å²) in [6.45, 7) is 0. The van der Waals surface area contributed by atoms with Crippen LogP contribution in [0.4, 0.5) is 0 Å². The predicted octanol–water partition coefficient (Wildman–Crippen LogP) is 4.90. The van der Waals surface area contributed by atoms with Crippen molar-refractivity contribution in [1.29, 1.82) is 5.26 Å². The van der Waals surface area contributed by atoms with Gasteiger partial charge in [-0.3, -0.25) is 0 Å². The van der Waals surface area contributed by atoms with Gasteiger partial charge in [-0.25, -0.2) is 0 Å². The van der Waals surface area contributed by atoms with E-state index < -0.39 is 0 Å². The summed E-state index contributed by atoms with van der Waals surface area (Å²) >= 11 is 6.11. The molecule has 2 aliphatic carbocycles. The van der Waals surface area contributed by atoms with Crippen LogP contribution in [0.3, 0.4) is 0 Å². The molecule has 0 amide bonds. The molecule has 2 atom stereocenters. The minimum Gasteiger partial charge on any atom is -0.192 e. The fourth-order valence-electron chi connectivity index (χ4n) is 3.53. The van der Waals surface area contributed by atoms with Gasteiger partial charge in [-0.2, -0.15) is 5.26 Å². The normalized spacial score (nSPS) is 27.8. The van der Waals surface area contributed by atoms with Crippen LogP contribution in [0.1, 0.15) is 55.6 Å². The highest BCUT2D eigenvalue weighted by molar-refractivity contribution is 6.31. The highest BCUT2D eigenvalue weighted by atomic mass is 35.5. The molecule has 0 bridgehead atoms. The predicted molar refractivity (Wildman–Crippen MR) is 73.6 cm³/mol. The zero-order chi connectivity index (χ0) is 12.5. The lowest BCUT2D eigenvalue weighted by molar-refractivity contribution is 0.318. The molecular weight excluding hydrogens is 242 g/mol. The van der Waals surface area contributed by atoms with Crippen LogP contribution in [-0.2, 0) is 0 Å². The minimum absolute atomic E-state index is 0.593. The molecule has 0 N–H and O–H groups in total. The molecule has 1 aromatic rings. The van der Waals surface area contributed by atoms with Crippen molar-refractivity contribution in [1.82, 2.24) is 0 Å². The molecule has 2 fully saturated rings. The van der Waals surface area contributed by atoms with Crippen LogP contribution in [0.5, 0.6) is 0 Å². The van der Waals surface area contributed by atoms with Gasteiger partial charge in [0.25, 0.3) is 0 Å². The second-order valence-corrected chi connectivity index (χ2v) is 6.16. The third-order valence-electron chi connectivity index (χ3n) is 4.64. The quantitative estimate of drug-likeness (QED) is 0.741. The maximum Gasteiger partial charge on any atom is 0.101 e. The summed E-state index contributed by atoms with van der Waals surface area (Å²) in [7, 11) is 0. The Labute approximate surface area is 114 Å². The number of benzene rings is 1. The zero-order valence-electron chi connectivity index (χ0n) is 10.5. The molecule has 0 saturated heterocycles. The van der Waals surface area contributed by atoms with Crippen molar-refractivity contribution in [3.8, 4) is 6.07 Å². The van der Waals surface area contributed by atoms with E-state index in [1.54, 1.807) is 0 Å². The molecule has 0 spiro atoms. The topological polar surface area (TPSA) is 23.8 Å². The summed E-state index contributed by atoms with van der Waals surface area (Å²) < 4.78 is 0. The number of nitrogens with zero attached hydrogens (tertiary/aromatic N) is 1. The van der Waals surface area contributed by atoms with Gasteiger partial charge < -0.3 is 0 Å². The van der Waals surface area contributed by atoms with Crippen LogP contribution in [-0.4, -0.2) is 0 Å². The maximum absolute atomic E-state index is 8.88. The molecular formula is C16H18ClN. The van der Waals surface area contributed by atoms with Gasteiger partial charge in [-0.05, 0) is 41.9 Å². The van der Waals surface area contributed by atoms with Crippen LogP contribution in [0, 0.1) is 23.2 Å². The molecule has 2 heteroatoms. The molecule has 18 heavy (non-hydrogen) atoms. The summed E-state index contributed by atoms with van der Waals surface area (Å²) in [5.74, 6) is 2.53. The summed E-state index contributed by atoms with van der Waals surface area (Å²) in [4.78, 5) is 0. The molecule has 94 valence electrons. The second-order valence-electron chi connectivity index (χ2n) is 5.76. The molecule has 1 nitrogen and oxygen atoms in total. The fraction of sp³-hybridized carbons (Fsp3) is 0.562. The molecule has 3 rings (SSSR count). The van der Waals surface area contributed by atoms with Crippen LogP contribution >= 0.6 is 11.6 Å². The molecule has 0 radical (unpaired) electrons. The number of halogens is 1. The average Bonchev–Trinajstić information content (AvgIpc) is 3.20. The first-order chi connectivity index (χ1) is 8.79. The van der Waals surface area contributed by atoms with Gasteiger partial charge in [0.2, 0.25) is 0 Å². The van der Waals surface area contributed by atoms with Crippen LogP contribution < -0.4 is 0 Å². The monoisotopic (exact) mass is 259 g/mol. The Kier molecular flexibility index (Phi) is 3.31. The lowest BCUT2D eigenvalue weighted by Gasteiger charge is -2.21. The van der Waals surface area contributed by atoms with E-state index in [0.29, 0.717) is 16.5 Å². The third kappa shape index (κ3) is 2.27. The first kappa shape index (κ1) is 12.1. The van der Waals surface area contributed by atoms with Crippen molar-refractivity contribution in [2.24, 2.45) is 11.8 Å². The van der Waals surface area contributed by atoms with Crippen molar-refractivity contribution in [2.45, 2.75) is 44.4 Å². The molecule has 2 unspecified atom stereocenters. The summed E-state index contributed by atoms with van der Waals surface area (Å²) in [6.07, 6.45) is 8.43. The van der Waals surface area contributed by atoms with Gasteiger partial charge in [-0.1, -0.05) is 49.8 Å². The van der Waals surface area contributed by atoms with E-state index in [0.717, 1.165) is 11.8 Å². The smallest absolute Gasteiger partial charge is 0.101 e. The summed E-state index contributed by atoms with van der Waals surface area (Å²) in [5.41, 5.74) is 1.94. The van der Waals surface area contributed by atoms with Gasteiger partial charge in [-0.15, -0.1) is 0 Å². The van der Waals surface area contributed by atoms with E-state index in [4.69, 9.17) is 16.9 Å². The van der Waals surface area contributed by atoms with Gasteiger partial charge >= 0.3 is 0 Å². The standard InChI is InChI=1S/C16H18ClN/c17-16-8-12(6-7-13(16)10-18)15-9-14(15)11-4-2-1-3-5-11/h6-8,11,14-15H,1-5,9H2. The first-order valence-corrected chi connectivity index (χ1v) is 7.37. The van der Waals surface area contributed by atoms with E-state index >= 15 is 0 Å². The van der Waals surface area contributed by atoms with Crippen LogP contribution in [0.2, 0.25) is 5.02 Å². The largest absolute Gasteiger partial charge is 0.192 e. The lowest BCUT2D eigenvalue weighted by Crippen LogP contribution is -2.09. The Morgan fingerprint density at radius 2 is 1.94 bits per heavy atom. The zero-order valence-corrected chi connectivity index (χ0v) is 11.3. The summed E-state index contributed by atoms with van der Waals surface area (Å²) in [6, 6.07) is 8.10. The SMILES string of the molecule is N#Cc1ccc(C2CC2C2CCCCC2)cc1Cl. The van der Waals surface area contributed by atoms with Gasteiger partial charge in [0.05, 0.1) is 10.6 Å². The van der Waals surface area contributed by atoms with E-state index in [2.05, 4.69) is 12.1 Å². The van der Waals surface area contributed by atoms with E-state index in [1.807, 2.05) is 12.1 Å². The van der Waals surface area contributed by atoms with Crippen LogP contribution in [0.25, 0.3) is 0 Å². The Balaban J connectivity index is 1.70. The maximum atomic E-state index is 8.88. The van der Waals surface area contributed by atoms with Crippen molar-refractivity contribution < 1.29 is 0 Å². The lowest BCUT2D eigenvalue weighted by atomic mass is 9.84. The Morgan fingerprint density at radius 1 is 1.17 bits per heavy atom. The van der Waals surface area contributed by atoms with Gasteiger partial charge in [0, 0.05) is 0 Å². The highest BCUT2D eigenvalue weighted by Gasteiger charge is 2.43. The first-order valence-electron chi connectivity index (χ1n) is 6.99. The molecule has 2 aliphatic rings. The number of nitriles is 1. The van der Waals surface area contributed by atoms with E-state index in [1.165, 1.54) is 44.1 Å². The molecule has 0 aliphatic heterocycles. The average molecular weight is 260 g/mol. The highest BCUT2D eigenvalue weighted by Crippen LogP contribution is 2.55. The third-order valence-corrected chi connectivity index (χ3v) is 4.95. The van der Waals surface area contributed by atoms with Crippen LogP contribution in [0.15, 0.2) is 18.2 Å². The molecule has 2 saturated carbocycles. The van der Waals surface area contributed by atoms with Crippen molar-refractivity contribution in [2.75, 3.05) is 0 Å². The number of hydrogen-bond donors (Lipinski definition) is 0. The summed E-state index contributed by atoms with van der Waals surface area (Å²) in [5, 5.41) is 9.50. The van der Waals surface area contributed by atoms with E-state index in [9.17, 15) is 0 Å². The van der Waals surface area contributed by atoms with Crippen molar-refractivity contribution in [3.63, 3.8) is 0 Å². The van der Waals surface area contributed by atoms with Gasteiger partial charge in [0.1, 0.15) is 6.07 Å². The minimum atomic E-state index is 0.593. The number of rotatable bonds is 2. The Hall–Kier alpha value is -1.00. The van der Waals surface area contributed by atoms with Gasteiger partial charge in [0.15, 0.2) is 0 Å². The van der Waals surface area contributed by atoms with E-state index in [-0.39, 0.29) is 0 Å². The Bertz CT molecular complexity index is 482. The Morgan fingerprint density at radius 3 is 2.61 bits per heavy atom. The number of hydrogen-bond acceptors (Lipinski definition) is 1. The molecule has 0 aromatic heterocycles. The second kappa shape index (κ2) is 4.94. The van der Waals surface area contributed by atoms with Crippen molar-refractivity contribution in [3.05, 3.63) is 34.3 Å². The fourth-order valence-corrected chi connectivity index (χ4v) is 3.77. The molecule has 0 heterocycles.